The van der Waals surface area contributed by atoms with Crippen molar-refractivity contribution in [2.45, 2.75) is 6.42 Å². The van der Waals surface area contributed by atoms with Gasteiger partial charge >= 0.3 is 0 Å². The number of carbonyl (C=O) groups excluding carboxylic acids is 1. The number of benzene rings is 2. The molecule has 2 heterocycles. The van der Waals surface area contributed by atoms with E-state index in [1.165, 1.54) is 12.1 Å². The highest BCUT2D eigenvalue weighted by molar-refractivity contribution is 6.10. The summed E-state index contributed by atoms with van der Waals surface area (Å²) in [4.78, 5) is 15.3. The molecule has 5 heteroatoms. The SMILES string of the molecule is O=C1NCCc2c(-c3ccc(F)cc3F)[nH]c3cccc1c23. The quantitative estimate of drug-likeness (QED) is 0.710. The highest BCUT2D eigenvalue weighted by Crippen LogP contribution is 2.35. The van der Waals surface area contributed by atoms with Crippen molar-refractivity contribution in [3.05, 3.63) is 59.2 Å². The third-order valence-corrected chi connectivity index (χ3v) is 4.03. The minimum absolute atomic E-state index is 0.130. The fourth-order valence-corrected chi connectivity index (χ4v) is 3.07. The van der Waals surface area contributed by atoms with Gasteiger partial charge in [0, 0.05) is 34.6 Å². The lowest BCUT2D eigenvalue weighted by Crippen LogP contribution is -2.23. The molecular weight excluding hydrogens is 286 g/mol. The summed E-state index contributed by atoms with van der Waals surface area (Å²) in [6.07, 6.45) is 0.592. The molecule has 0 saturated heterocycles. The van der Waals surface area contributed by atoms with Gasteiger partial charge in [-0.25, -0.2) is 8.78 Å². The van der Waals surface area contributed by atoms with Crippen molar-refractivity contribution in [3.63, 3.8) is 0 Å². The molecule has 0 atom stereocenters. The molecule has 0 bridgehead atoms. The van der Waals surface area contributed by atoms with Crippen LogP contribution in [0.15, 0.2) is 36.4 Å². The summed E-state index contributed by atoms with van der Waals surface area (Å²) in [5.41, 5.74) is 3.16. The molecule has 0 saturated carbocycles. The molecular formula is C17H12F2N2O. The number of rotatable bonds is 1. The smallest absolute Gasteiger partial charge is 0.251 e. The van der Waals surface area contributed by atoms with E-state index in [2.05, 4.69) is 10.3 Å². The van der Waals surface area contributed by atoms with E-state index in [1.807, 2.05) is 6.07 Å². The number of aromatic amines is 1. The maximum absolute atomic E-state index is 14.1. The maximum Gasteiger partial charge on any atom is 0.251 e. The third kappa shape index (κ3) is 1.82. The van der Waals surface area contributed by atoms with E-state index in [1.54, 1.807) is 12.1 Å². The molecule has 0 radical (unpaired) electrons. The number of halogens is 2. The van der Waals surface area contributed by atoms with Crippen LogP contribution in [0.25, 0.3) is 22.2 Å². The van der Waals surface area contributed by atoms with Gasteiger partial charge in [0.2, 0.25) is 0 Å². The van der Waals surface area contributed by atoms with Gasteiger partial charge in [-0.05, 0) is 36.2 Å². The van der Waals surface area contributed by atoms with Gasteiger partial charge < -0.3 is 10.3 Å². The van der Waals surface area contributed by atoms with Crippen molar-refractivity contribution in [2.24, 2.45) is 0 Å². The van der Waals surface area contributed by atoms with Crippen LogP contribution >= 0.6 is 0 Å². The fraction of sp³-hybridized carbons (Fsp3) is 0.118. The van der Waals surface area contributed by atoms with Crippen molar-refractivity contribution < 1.29 is 13.6 Å². The van der Waals surface area contributed by atoms with E-state index in [9.17, 15) is 13.6 Å². The lowest BCUT2D eigenvalue weighted by atomic mass is 10.00. The second kappa shape index (κ2) is 4.66. The Morgan fingerprint density at radius 2 is 1.91 bits per heavy atom. The van der Waals surface area contributed by atoms with Crippen molar-refractivity contribution in [1.29, 1.82) is 0 Å². The first-order valence-corrected chi connectivity index (χ1v) is 7.02. The van der Waals surface area contributed by atoms with E-state index in [4.69, 9.17) is 0 Å². The van der Waals surface area contributed by atoms with Gasteiger partial charge in [-0.1, -0.05) is 6.07 Å². The first-order chi connectivity index (χ1) is 10.6. The minimum Gasteiger partial charge on any atom is -0.354 e. The van der Waals surface area contributed by atoms with Gasteiger partial charge in [0.25, 0.3) is 5.91 Å². The standard InChI is InChI=1S/C17H12F2N2O/c18-9-4-5-10(13(19)8-9)16-11-6-7-20-17(22)12-2-1-3-14(21-16)15(11)12/h1-5,8,21H,6-7H2,(H,20,22). The first kappa shape index (κ1) is 13.0. The number of aromatic nitrogens is 1. The molecule has 0 spiro atoms. The number of hydrogen-bond donors (Lipinski definition) is 2. The summed E-state index contributed by atoms with van der Waals surface area (Å²) in [6, 6.07) is 8.92. The first-order valence-electron chi connectivity index (χ1n) is 7.02. The van der Waals surface area contributed by atoms with Crippen molar-refractivity contribution in [2.75, 3.05) is 6.54 Å². The summed E-state index contributed by atoms with van der Waals surface area (Å²) < 4.78 is 27.3. The molecule has 0 aliphatic carbocycles. The predicted octanol–water partition coefficient (Wildman–Crippen LogP) is 3.40. The Bertz CT molecular complexity index is 914. The Hall–Kier alpha value is -2.69. The summed E-state index contributed by atoms with van der Waals surface area (Å²) in [5, 5.41) is 3.65. The van der Waals surface area contributed by atoms with Gasteiger partial charge in [0.1, 0.15) is 11.6 Å². The van der Waals surface area contributed by atoms with Crippen LogP contribution in [0.2, 0.25) is 0 Å². The molecule has 0 fully saturated rings. The summed E-state index contributed by atoms with van der Waals surface area (Å²) in [6.45, 7) is 0.482. The van der Waals surface area contributed by atoms with Gasteiger partial charge in [0.15, 0.2) is 0 Å². The van der Waals surface area contributed by atoms with Crippen LogP contribution in [0.1, 0.15) is 15.9 Å². The van der Waals surface area contributed by atoms with E-state index >= 15 is 0 Å². The van der Waals surface area contributed by atoms with Gasteiger partial charge in [0.05, 0.1) is 5.69 Å². The predicted molar refractivity (Wildman–Crippen MR) is 79.7 cm³/mol. The number of hydrogen-bond acceptors (Lipinski definition) is 1. The Morgan fingerprint density at radius 3 is 2.73 bits per heavy atom. The monoisotopic (exact) mass is 298 g/mol. The summed E-state index contributed by atoms with van der Waals surface area (Å²) >= 11 is 0. The molecule has 1 aliphatic heterocycles. The van der Waals surface area contributed by atoms with Crippen LogP contribution in [-0.4, -0.2) is 17.4 Å². The van der Waals surface area contributed by atoms with Crippen LogP contribution < -0.4 is 5.32 Å². The molecule has 2 N–H and O–H groups in total. The second-order valence-electron chi connectivity index (χ2n) is 5.34. The van der Waals surface area contributed by atoms with Crippen LogP contribution in [0.5, 0.6) is 0 Å². The molecule has 1 aliphatic rings. The van der Waals surface area contributed by atoms with Crippen LogP contribution in [-0.2, 0) is 6.42 Å². The van der Waals surface area contributed by atoms with Crippen molar-refractivity contribution in [1.82, 2.24) is 10.3 Å². The highest BCUT2D eigenvalue weighted by Gasteiger charge is 2.23. The van der Waals surface area contributed by atoms with E-state index in [0.717, 1.165) is 22.5 Å². The number of nitrogens with one attached hydrogen (secondary N) is 2. The van der Waals surface area contributed by atoms with Crippen molar-refractivity contribution >= 4 is 16.8 Å². The molecule has 3 aromatic rings. The molecule has 1 aromatic heterocycles. The van der Waals surface area contributed by atoms with Gasteiger partial charge in [-0.15, -0.1) is 0 Å². The van der Waals surface area contributed by atoms with E-state index < -0.39 is 11.6 Å². The maximum atomic E-state index is 14.1. The molecule has 22 heavy (non-hydrogen) atoms. The lowest BCUT2D eigenvalue weighted by Gasteiger charge is -2.05. The van der Waals surface area contributed by atoms with E-state index in [-0.39, 0.29) is 5.91 Å². The van der Waals surface area contributed by atoms with E-state index in [0.29, 0.717) is 29.8 Å². The van der Waals surface area contributed by atoms with Crippen LogP contribution in [0, 0.1) is 11.6 Å². The molecule has 110 valence electrons. The zero-order valence-corrected chi connectivity index (χ0v) is 11.5. The second-order valence-corrected chi connectivity index (χ2v) is 5.34. The average molecular weight is 298 g/mol. The normalized spacial score (nSPS) is 14.0. The molecule has 4 rings (SSSR count). The zero-order chi connectivity index (χ0) is 15.3. The largest absolute Gasteiger partial charge is 0.354 e. The lowest BCUT2D eigenvalue weighted by molar-refractivity contribution is 0.0957. The Morgan fingerprint density at radius 1 is 1.05 bits per heavy atom. The molecule has 3 nitrogen and oxygen atoms in total. The Labute approximate surface area is 125 Å². The van der Waals surface area contributed by atoms with Crippen molar-refractivity contribution in [3.8, 4) is 11.3 Å². The third-order valence-electron chi connectivity index (χ3n) is 4.03. The topological polar surface area (TPSA) is 44.9 Å². The zero-order valence-electron chi connectivity index (χ0n) is 11.5. The van der Waals surface area contributed by atoms with Gasteiger partial charge in [-0.3, -0.25) is 4.79 Å². The van der Waals surface area contributed by atoms with Crippen LogP contribution in [0.3, 0.4) is 0 Å². The molecule has 2 aromatic carbocycles. The molecule has 0 unspecified atom stereocenters. The number of carbonyl (C=O) groups is 1. The summed E-state index contributed by atoms with van der Waals surface area (Å²) in [7, 11) is 0. The Balaban J connectivity index is 2.05. The number of H-pyrrole nitrogens is 1. The average Bonchev–Trinajstić information content (AvgIpc) is 2.76. The summed E-state index contributed by atoms with van der Waals surface area (Å²) in [5.74, 6) is -1.36. The minimum atomic E-state index is -0.618. The Kier molecular flexibility index (Phi) is 2.76. The van der Waals surface area contributed by atoms with Crippen LogP contribution in [0.4, 0.5) is 8.78 Å². The highest BCUT2D eigenvalue weighted by atomic mass is 19.1. The molecule has 1 amide bonds. The fourth-order valence-electron chi connectivity index (χ4n) is 3.07. The van der Waals surface area contributed by atoms with Gasteiger partial charge in [-0.2, -0.15) is 0 Å². The number of amides is 1.